The second-order valence-electron chi connectivity index (χ2n) is 8.17. The first-order chi connectivity index (χ1) is 15.8. The van der Waals surface area contributed by atoms with Crippen molar-refractivity contribution in [3.05, 3.63) is 71.8 Å². The number of hydrogen-bond acceptors (Lipinski definition) is 4. The zero-order valence-corrected chi connectivity index (χ0v) is 22.7. The van der Waals surface area contributed by atoms with E-state index in [1.54, 1.807) is 24.3 Å². The average Bonchev–Trinajstić information content (AvgIpc) is 3.31. The number of furan rings is 1. The van der Waals surface area contributed by atoms with E-state index in [0.29, 0.717) is 24.2 Å². The van der Waals surface area contributed by atoms with Gasteiger partial charge in [-0.1, -0.05) is 38.1 Å². The molecule has 0 aliphatic rings. The number of rotatable bonds is 8. The van der Waals surface area contributed by atoms with Crippen LogP contribution in [0.5, 0.6) is 0 Å². The third-order valence-electron chi connectivity index (χ3n) is 4.54. The molecule has 2 amide bonds. The summed E-state index contributed by atoms with van der Waals surface area (Å²) >= 11 is 0. The maximum atomic E-state index is 12.0. The summed E-state index contributed by atoms with van der Waals surface area (Å²) in [6.07, 6.45) is 1.81. The van der Waals surface area contributed by atoms with Crippen molar-refractivity contribution in [3.63, 3.8) is 0 Å². The van der Waals surface area contributed by atoms with E-state index in [1.165, 1.54) is 0 Å². The molecule has 0 aliphatic heterocycles. The normalized spacial score (nSPS) is 9.77. The topological polar surface area (TPSA) is 74.6 Å². The van der Waals surface area contributed by atoms with Crippen molar-refractivity contribution in [2.75, 3.05) is 34.2 Å². The van der Waals surface area contributed by atoms with Crippen molar-refractivity contribution in [1.82, 2.24) is 15.5 Å². The Morgan fingerprint density at radius 3 is 1.26 bits per heavy atom. The molecule has 3 rings (SSSR count). The highest BCUT2D eigenvalue weighted by molar-refractivity contribution is 5.95. The monoisotopic (exact) mass is 521 g/mol. The summed E-state index contributed by atoms with van der Waals surface area (Å²) < 4.78 is 5.99. The molecule has 0 bridgehead atoms. The summed E-state index contributed by atoms with van der Waals surface area (Å²) in [5.74, 6) is 1.32. The Morgan fingerprint density at radius 1 is 0.657 bits per heavy atom. The molecule has 1 aromatic heterocycles. The average molecular weight is 523 g/mol. The maximum absolute atomic E-state index is 12.0. The minimum atomic E-state index is -0.0680. The fourth-order valence-electron chi connectivity index (χ4n) is 2.90. The summed E-state index contributed by atoms with van der Waals surface area (Å²) in [5.41, 5.74) is 3.06. The van der Waals surface area contributed by atoms with Gasteiger partial charge >= 0.3 is 0 Å². The van der Waals surface area contributed by atoms with Crippen LogP contribution in [0.15, 0.2) is 65.1 Å². The van der Waals surface area contributed by atoms with Crippen LogP contribution in [0.4, 0.5) is 0 Å². The zero-order valence-electron chi connectivity index (χ0n) is 21.1. The van der Waals surface area contributed by atoms with Gasteiger partial charge in [0.25, 0.3) is 11.8 Å². The van der Waals surface area contributed by atoms with Crippen molar-refractivity contribution in [2.24, 2.45) is 0 Å². The van der Waals surface area contributed by atoms with E-state index in [-0.39, 0.29) is 36.6 Å². The second kappa shape index (κ2) is 16.8. The second-order valence-corrected chi connectivity index (χ2v) is 8.17. The fourth-order valence-corrected chi connectivity index (χ4v) is 2.90. The maximum Gasteiger partial charge on any atom is 0.251 e. The summed E-state index contributed by atoms with van der Waals surface area (Å²) in [5, 5.41) is 5.73. The minimum absolute atomic E-state index is 0. The van der Waals surface area contributed by atoms with Crippen LogP contribution in [-0.4, -0.2) is 50.9 Å². The van der Waals surface area contributed by atoms with Crippen LogP contribution in [0.1, 0.15) is 47.4 Å². The minimum Gasteiger partial charge on any atom is -0.456 e. The molecule has 0 spiro atoms. The highest BCUT2D eigenvalue weighted by Gasteiger charge is 2.10. The molecule has 0 saturated heterocycles. The standard InChI is InChI=1S/C24H26N2O3.C3H9N.2ClH/c1-3-15-25-23(27)19-9-5-17(6-10-19)21-13-14-22(29-21)18-7-11-20(12-8-18)24(28)26-16-4-2;1-4(2)3;;/h5-14H,3-4,15-16H2,1-2H3,(H,25,27)(H,26,28);1-3H3;2*1H. The van der Waals surface area contributed by atoms with Gasteiger partial charge in [0.1, 0.15) is 11.5 Å². The highest BCUT2D eigenvalue weighted by atomic mass is 35.5. The van der Waals surface area contributed by atoms with Crippen molar-refractivity contribution in [3.8, 4) is 22.6 Å². The molecular weight excluding hydrogens is 485 g/mol. The van der Waals surface area contributed by atoms with E-state index in [1.807, 2.05) is 76.3 Å². The Labute approximate surface area is 221 Å². The number of hydrogen-bond donors (Lipinski definition) is 2. The Kier molecular flexibility index (Phi) is 15.4. The van der Waals surface area contributed by atoms with Crippen molar-refractivity contribution < 1.29 is 14.0 Å². The van der Waals surface area contributed by atoms with Gasteiger partial charge in [-0.15, -0.1) is 24.8 Å². The summed E-state index contributed by atoms with van der Waals surface area (Å²) in [6.45, 7) is 5.38. The molecule has 0 radical (unpaired) electrons. The summed E-state index contributed by atoms with van der Waals surface area (Å²) in [7, 11) is 6.00. The molecular formula is C27H37Cl2N3O3. The van der Waals surface area contributed by atoms with Crippen LogP contribution in [-0.2, 0) is 0 Å². The largest absolute Gasteiger partial charge is 0.456 e. The Bertz CT molecular complexity index is 936. The summed E-state index contributed by atoms with van der Waals surface area (Å²) in [4.78, 5) is 26.0. The van der Waals surface area contributed by atoms with Crippen LogP contribution >= 0.6 is 24.8 Å². The number of halogens is 2. The first kappa shape index (κ1) is 32.2. The van der Waals surface area contributed by atoms with Gasteiger partial charge in [-0.2, -0.15) is 0 Å². The lowest BCUT2D eigenvalue weighted by atomic mass is 10.1. The molecule has 6 nitrogen and oxygen atoms in total. The Hall–Kier alpha value is -2.80. The lowest BCUT2D eigenvalue weighted by molar-refractivity contribution is 0.0945. The third-order valence-corrected chi connectivity index (χ3v) is 4.54. The van der Waals surface area contributed by atoms with E-state index in [4.69, 9.17) is 4.42 Å². The van der Waals surface area contributed by atoms with Gasteiger partial charge in [0, 0.05) is 35.3 Å². The molecule has 192 valence electrons. The number of carbonyl (C=O) groups is 2. The molecule has 2 aromatic carbocycles. The predicted molar refractivity (Wildman–Crippen MR) is 149 cm³/mol. The van der Waals surface area contributed by atoms with Crippen molar-refractivity contribution in [1.29, 1.82) is 0 Å². The molecule has 0 fully saturated rings. The van der Waals surface area contributed by atoms with Gasteiger partial charge < -0.3 is 20.0 Å². The number of nitrogens with zero attached hydrogens (tertiary/aromatic N) is 1. The van der Waals surface area contributed by atoms with Gasteiger partial charge in [-0.25, -0.2) is 0 Å². The number of nitrogens with one attached hydrogen (secondary N) is 2. The van der Waals surface area contributed by atoms with E-state index < -0.39 is 0 Å². The third kappa shape index (κ3) is 10.6. The lowest BCUT2D eigenvalue weighted by Crippen LogP contribution is -2.23. The van der Waals surface area contributed by atoms with Crippen LogP contribution in [0.3, 0.4) is 0 Å². The summed E-state index contributed by atoms with van der Waals surface area (Å²) in [6, 6.07) is 18.5. The lowest BCUT2D eigenvalue weighted by Gasteiger charge is -2.05. The zero-order chi connectivity index (χ0) is 24.2. The molecule has 0 aliphatic carbocycles. The Morgan fingerprint density at radius 2 is 0.971 bits per heavy atom. The molecule has 1 heterocycles. The quantitative estimate of drug-likeness (QED) is 0.386. The van der Waals surface area contributed by atoms with Gasteiger partial charge in [0.05, 0.1) is 0 Å². The van der Waals surface area contributed by atoms with Crippen LogP contribution in [0, 0.1) is 0 Å². The van der Waals surface area contributed by atoms with Gasteiger partial charge in [-0.3, -0.25) is 9.59 Å². The van der Waals surface area contributed by atoms with E-state index in [2.05, 4.69) is 10.6 Å². The van der Waals surface area contributed by atoms with Crippen molar-refractivity contribution in [2.45, 2.75) is 26.7 Å². The van der Waals surface area contributed by atoms with Crippen molar-refractivity contribution >= 4 is 36.6 Å². The van der Waals surface area contributed by atoms with E-state index in [0.717, 1.165) is 35.5 Å². The van der Waals surface area contributed by atoms with E-state index in [9.17, 15) is 9.59 Å². The molecule has 8 heteroatoms. The first-order valence-corrected chi connectivity index (χ1v) is 11.3. The Balaban J connectivity index is 0.00000179. The van der Waals surface area contributed by atoms with Crippen LogP contribution in [0.2, 0.25) is 0 Å². The molecule has 3 aromatic rings. The van der Waals surface area contributed by atoms with Gasteiger partial charge in [0.2, 0.25) is 0 Å². The molecule has 0 atom stereocenters. The first-order valence-electron chi connectivity index (χ1n) is 11.3. The predicted octanol–water partition coefficient (Wildman–Crippen LogP) is 5.91. The fraction of sp³-hybridized carbons (Fsp3) is 0.333. The van der Waals surface area contributed by atoms with E-state index >= 15 is 0 Å². The number of benzene rings is 2. The smallest absolute Gasteiger partial charge is 0.251 e. The molecule has 0 unspecified atom stereocenters. The molecule has 2 N–H and O–H groups in total. The van der Waals surface area contributed by atoms with Gasteiger partial charge in [0.15, 0.2) is 0 Å². The van der Waals surface area contributed by atoms with Crippen LogP contribution < -0.4 is 10.6 Å². The van der Waals surface area contributed by atoms with Gasteiger partial charge in [-0.05, 0) is 70.4 Å². The SMILES string of the molecule is CCCNC(=O)c1ccc(-c2ccc(-c3ccc(C(=O)NCCC)cc3)o2)cc1.CN(C)C.Cl.Cl. The molecule has 35 heavy (non-hydrogen) atoms. The highest BCUT2D eigenvalue weighted by Crippen LogP contribution is 2.29. The molecule has 0 saturated carbocycles. The number of amides is 2. The number of carbonyl (C=O) groups excluding carboxylic acids is 2. The van der Waals surface area contributed by atoms with Crippen LogP contribution in [0.25, 0.3) is 22.6 Å².